The molecule has 144 valence electrons. The molecule has 1 N–H and O–H groups in total. The molecule has 4 rings (SSSR count). The molecule has 0 unspecified atom stereocenters. The predicted octanol–water partition coefficient (Wildman–Crippen LogP) is 3.65. The van der Waals surface area contributed by atoms with Crippen molar-refractivity contribution in [2.45, 2.75) is 12.5 Å². The van der Waals surface area contributed by atoms with Gasteiger partial charge in [0.25, 0.3) is 5.91 Å². The number of benzene rings is 3. The SMILES string of the molecule is O=C1Oc2ccccc2N[C@H]1CC(=O)N(C(=O)c1ccccc1)c1ccccc1. The van der Waals surface area contributed by atoms with Gasteiger partial charge in [-0.1, -0.05) is 48.5 Å². The average molecular weight is 386 g/mol. The predicted molar refractivity (Wildman–Crippen MR) is 109 cm³/mol. The van der Waals surface area contributed by atoms with E-state index in [0.29, 0.717) is 22.7 Å². The average Bonchev–Trinajstić information content (AvgIpc) is 2.76. The number of imide groups is 1. The monoisotopic (exact) mass is 386 g/mol. The zero-order chi connectivity index (χ0) is 20.2. The molecule has 1 aliphatic rings. The molecule has 0 aromatic heterocycles. The molecule has 0 spiro atoms. The number of esters is 1. The lowest BCUT2D eigenvalue weighted by molar-refractivity contribution is -0.137. The fourth-order valence-corrected chi connectivity index (χ4v) is 3.16. The van der Waals surface area contributed by atoms with Gasteiger partial charge in [-0.05, 0) is 36.4 Å². The molecule has 0 fully saturated rings. The van der Waals surface area contributed by atoms with Crippen molar-refractivity contribution in [3.63, 3.8) is 0 Å². The van der Waals surface area contributed by atoms with Crippen LogP contribution in [0, 0.1) is 0 Å². The van der Waals surface area contributed by atoms with Gasteiger partial charge in [-0.15, -0.1) is 0 Å². The molecule has 29 heavy (non-hydrogen) atoms. The zero-order valence-electron chi connectivity index (χ0n) is 15.4. The first-order valence-electron chi connectivity index (χ1n) is 9.18. The van der Waals surface area contributed by atoms with Crippen molar-refractivity contribution in [3.05, 3.63) is 90.5 Å². The van der Waals surface area contributed by atoms with Crippen molar-refractivity contribution in [2.24, 2.45) is 0 Å². The second kappa shape index (κ2) is 7.98. The van der Waals surface area contributed by atoms with Crippen LogP contribution in [0.15, 0.2) is 84.9 Å². The van der Waals surface area contributed by atoms with Gasteiger partial charge in [0.2, 0.25) is 5.91 Å². The van der Waals surface area contributed by atoms with E-state index in [-0.39, 0.29) is 6.42 Å². The van der Waals surface area contributed by atoms with E-state index < -0.39 is 23.8 Å². The van der Waals surface area contributed by atoms with Crippen molar-refractivity contribution < 1.29 is 19.1 Å². The van der Waals surface area contributed by atoms with Crippen LogP contribution < -0.4 is 15.0 Å². The molecule has 0 saturated heterocycles. The minimum Gasteiger partial charge on any atom is -0.423 e. The Kier molecular flexibility index (Phi) is 5.07. The molecule has 0 bridgehead atoms. The van der Waals surface area contributed by atoms with Gasteiger partial charge in [0.05, 0.1) is 17.8 Å². The largest absolute Gasteiger partial charge is 0.423 e. The molecule has 6 heteroatoms. The summed E-state index contributed by atoms with van der Waals surface area (Å²) in [5, 5.41) is 3.03. The maximum absolute atomic E-state index is 13.1. The molecule has 0 aliphatic carbocycles. The summed E-state index contributed by atoms with van der Waals surface area (Å²) >= 11 is 0. The maximum Gasteiger partial charge on any atom is 0.334 e. The summed E-state index contributed by atoms with van der Waals surface area (Å²) in [4.78, 5) is 39.7. The van der Waals surface area contributed by atoms with Crippen LogP contribution in [-0.4, -0.2) is 23.8 Å². The Balaban J connectivity index is 1.61. The molecule has 2 amide bonds. The number of amides is 2. The van der Waals surface area contributed by atoms with Crippen molar-refractivity contribution in [1.82, 2.24) is 0 Å². The lowest BCUT2D eigenvalue weighted by Crippen LogP contribution is -2.44. The van der Waals surface area contributed by atoms with E-state index in [4.69, 9.17) is 4.74 Å². The summed E-state index contributed by atoms with van der Waals surface area (Å²) in [6.45, 7) is 0. The lowest BCUT2D eigenvalue weighted by Gasteiger charge is -2.27. The van der Waals surface area contributed by atoms with Gasteiger partial charge >= 0.3 is 5.97 Å². The third-order valence-corrected chi connectivity index (χ3v) is 4.58. The molecular formula is C23H18N2O4. The van der Waals surface area contributed by atoms with Crippen LogP contribution in [0.25, 0.3) is 0 Å². The van der Waals surface area contributed by atoms with Crippen molar-refractivity contribution >= 4 is 29.2 Å². The van der Waals surface area contributed by atoms with Gasteiger partial charge in [0, 0.05) is 5.56 Å². The number of fused-ring (bicyclic) bond motifs is 1. The van der Waals surface area contributed by atoms with Crippen LogP contribution >= 0.6 is 0 Å². The molecule has 3 aromatic rings. The first-order valence-corrected chi connectivity index (χ1v) is 9.18. The van der Waals surface area contributed by atoms with E-state index in [1.54, 1.807) is 84.9 Å². The van der Waals surface area contributed by atoms with Crippen LogP contribution in [0.3, 0.4) is 0 Å². The number of hydrogen-bond donors (Lipinski definition) is 1. The number of hydrogen-bond acceptors (Lipinski definition) is 5. The van der Waals surface area contributed by atoms with Crippen LogP contribution in [0.5, 0.6) is 5.75 Å². The quantitative estimate of drug-likeness (QED) is 0.547. The topological polar surface area (TPSA) is 75.7 Å². The molecular weight excluding hydrogens is 368 g/mol. The van der Waals surface area contributed by atoms with Crippen molar-refractivity contribution in [1.29, 1.82) is 0 Å². The normalized spacial score (nSPS) is 14.9. The van der Waals surface area contributed by atoms with Gasteiger partial charge in [-0.25, -0.2) is 9.69 Å². The minimum absolute atomic E-state index is 0.222. The molecule has 6 nitrogen and oxygen atoms in total. The second-order valence-corrected chi connectivity index (χ2v) is 6.55. The Morgan fingerprint density at radius 2 is 1.48 bits per heavy atom. The Morgan fingerprint density at radius 3 is 2.21 bits per heavy atom. The highest BCUT2D eigenvalue weighted by Crippen LogP contribution is 2.30. The van der Waals surface area contributed by atoms with E-state index in [1.165, 1.54) is 0 Å². The summed E-state index contributed by atoms with van der Waals surface area (Å²) in [5.74, 6) is -1.09. The van der Waals surface area contributed by atoms with E-state index in [2.05, 4.69) is 5.32 Å². The number of nitrogens with zero attached hydrogens (tertiary/aromatic N) is 1. The molecule has 1 atom stereocenters. The van der Waals surface area contributed by atoms with Crippen LogP contribution in [0.2, 0.25) is 0 Å². The summed E-state index contributed by atoms with van der Waals surface area (Å²) in [6.07, 6.45) is -0.222. The first-order chi connectivity index (χ1) is 14.1. The number of carbonyl (C=O) groups excluding carboxylic acids is 3. The van der Waals surface area contributed by atoms with Crippen molar-refractivity contribution in [2.75, 3.05) is 10.2 Å². The highest BCUT2D eigenvalue weighted by Gasteiger charge is 2.33. The van der Waals surface area contributed by atoms with Crippen molar-refractivity contribution in [3.8, 4) is 5.75 Å². The summed E-state index contributed by atoms with van der Waals surface area (Å²) in [7, 11) is 0. The zero-order valence-corrected chi connectivity index (χ0v) is 15.4. The van der Waals surface area contributed by atoms with Gasteiger partial charge in [0.15, 0.2) is 5.75 Å². The minimum atomic E-state index is -0.882. The Bertz CT molecular complexity index is 1050. The number of ether oxygens (including phenoxy) is 1. The fourth-order valence-electron chi connectivity index (χ4n) is 3.16. The Labute approximate surface area is 167 Å². The second-order valence-electron chi connectivity index (χ2n) is 6.55. The third kappa shape index (κ3) is 3.87. The number of carbonyl (C=O) groups is 3. The standard InChI is InChI=1S/C23H18N2O4/c26-21(15-19-23(28)29-20-14-8-7-13-18(20)24-19)25(17-11-5-2-6-12-17)22(27)16-9-3-1-4-10-16/h1-14,19,24H,15H2/t19-/m0/s1. The lowest BCUT2D eigenvalue weighted by atomic mass is 10.1. The van der Waals surface area contributed by atoms with Crippen LogP contribution in [0.4, 0.5) is 11.4 Å². The summed E-state index contributed by atoms with van der Waals surface area (Å²) in [6, 6.07) is 23.3. The van der Waals surface area contributed by atoms with Gasteiger partial charge in [-0.2, -0.15) is 0 Å². The Morgan fingerprint density at radius 1 is 0.862 bits per heavy atom. The first kappa shape index (κ1) is 18.4. The van der Waals surface area contributed by atoms with E-state index in [0.717, 1.165) is 4.90 Å². The van der Waals surface area contributed by atoms with E-state index in [1.807, 2.05) is 0 Å². The van der Waals surface area contributed by atoms with Gasteiger partial charge < -0.3 is 10.1 Å². The third-order valence-electron chi connectivity index (χ3n) is 4.58. The highest BCUT2D eigenvalue weighted by atomic mass is 16.5. The van der Waals surface area contributed by atoms with Crippen LogP contribution in [-0.2, 0) is 9.59 Å². The van der Waals surface area contributed by atoms with E-state index in [9.17, 15) is 14.4 Å². The smallest absolute Gasteiger partial charge is 0.334 e. The molecule has 1 heterocycles. The van der Waals surface area contributed by atoms with Gasteiger partial charge in [-0.3, -0.25) is 9.59 Å². The number of rotatable bonds is 4. The number of anilines is 2. The summed E-state index contributed by atoms with van der Waals surface area (Å²) < 4.78 is 5.32. The molecule has 0 saturated carbocycles. The fraction of sp³-hybridized carbons (Fsp3) is 0.0870. The number of nitrogens with one attached hydrogen (secondary N) is 1. The highest BCUT2D eigenvalue weighted by molar-refractivity contribution is 6.21. The van der Waals surface area contributed by atoms with E-state index >= 15 is 0 Å². The maximum atomic E-state index is 13.1. The number of para-hydroxylation sites is 3. The molecule has 3 aromatic carbocycles. The molecule has 1 aliphatic heterocycles. The summed E-state index contributed by atoms with van der Waals surface area (Å²) in [5.41, 5.74) is 1.45. The Hall–Kier alpha value is -3.93. The van der Waals surface area contributed by atoms with Gasteiger partial charge in [0.1, 0.15) is 6.04 Å². The van der Waals surface area contributed by atoms with Crippen LogP contribution in [0.1, 0.15) is 16.8 Å². The molecule has 0 radical (unpaired) electrons.